The Balaban J connectivity index is 1.59. The van der Waals surface area contributed by atoms with Crippen LogP contribution in [0.1, 0.15) is 61.9 Å². The number of rotatable bonds is 8. The Morgan fingerprint density at radius 3 is 2.49 bits per heavy atom. The highest BCUT2D eigenvalue weighted by atomic mass is 32.2. The molecule has 4 rings (SSSR count). The van der Waals surface area contributed by atoms with Crippen LogP contribution in [0.5, 0.6) is 5.75 Å². The fourth-order valence-corrected chi connectivity index (χ4v) is 6.54. The van der Waals surface area contributed by atoms with Gasteiger partial charge in [-0.1, -0.05) is 43.9 Å². The standard InChI is InChI=1S/C30H42N4O6S/c1-20-10-13-25(14-11-20)41(38,39)33(4)18-28-21(2)17-34(22(3)19-35)29(36)26-16-24(12-15-27(26)40-28)32-30(37)31-23-8-6-5-7-9-23/h10-16,21-23,28,35H,5-9,17-19H2,1-4H3,(H2,31,32,37)/t21-,22-,28-/m1/s1. The van der Waals surface area contributed by atoms with Crippen molar-refractivity contribution in [1.82, 2.24) is 14.5 Å². The number of aliphatic hydroxyl groups excluding tert-OH is 1. The van der Waals surface area contributed by atoms with Gasteiger partial charge in [-0.25, -0.2) is 13.2 Å². The number of benzene rings is 2. The van der Waals surface area contributed by atoms with Crippen LogP contribution >= 0.6 is 0 Å². The van der Waals surface area contributed by atoms with Crippen LogP contribution in [0.4, 0.5) is 10.5 Å². The summed E-state index contributed by atoms with van der Waals surface area (Å²) in [5, 5.41) is 15.8. The number of hydrogen-bond donors (Lipinski definition) is 3. The minimum Gasteiger partial charge on any atom is -0.488 e. The number of aliphatic hydroxyl groups is 1. The molecule has 11 heteroatoms. The van der Waals surface area contributed by atoms with Gasteiger partial charge in [-0.3, -0.25) is 4.79 Å². The molecule has 0 saturated heterocycles. The summed E-state index contributed by atoms with van der Waals surface area (Å²) < 4.78 is 34.2. The van der Waals surface area contributed by atoms with Crippen LogP contribution in [0.3, 0.4) is 0 Å². The number of anilines is 1. The molecular formula is C30H42N4O6S. The summed E-state index contributed by atoms with van der Waals surface area (Å²) in [5.41, 5.74) is 1.64. The number of ether oxygens (including phenoxy) is 1. The Hall–Kier alpha value is -3.15. The molecule has 41 heavy (non-hydrogen) atoms. The summed E-state index contributed by atoms with van der Waals surface area (Å²) in [6.45, 7) is 5.63. The average molecular weight is 587 g/mol. The second-order valence-corrected chi connectivity index (χ2v) is 13.4. The van der Waals surface area contributed by atoms with E-state index < -0.39 is 22.2 Å². The van der Waals surface area contributed by atoms with E-state index in [1.54, 1.807) is 54.3 Å². The lowest BCUT2D eigenvalue weighted by Gasteiger charge is -2.38. The zero-order chi connectivity index (χ0) is 29.7. The Morgan fingerprint density at radius 2 is 1.83 bits per heavy atom. The molecule has 1 aliphatic heterocycles. The number of nitrogens with one attached hydrogen (secondary N) is 2. The van der Waals surface area contributed by atoms with Crippen molar-refractivity contribution in [2.75, 3.05) is 32.1 Å². The number of urea groups is 1. The molecule has 2 aromatic rings. The van der Waals surface area contributed by atoms with Gasteiger partial charge in [0.1, 0.15) is 11.9 Å². The number of amides is 3. The molecule has 1 heterocycles. The monoisotopic (exact) mass is 586 g/mol. The van der Waals surface area contributed by atoms with E-state index >= 15 is 0 Å². The van der Waals surface area contributed by atoms with Gasteiger partial charge in [-0.2, -0.15) is 4.31 Å². The van der Waals surface area contributed by atoms with Crippen LogP contribution in [0.15, 0.2) is 47.4 Å². The van der Waals surface area contributed by atoms with E-state index in [0.717, 1.165) is 31.2 Å². The number of hydrogen-bond acceptors (Lipinski definition) is 6. The maximum atomic E-state index is 13.7. The molecule has 0 radical (unpaired) electrons. The van der Waals surface area contributed by atoms with E-state index in [0.29, 0.717) is 11.4 Å². The topological polar surface area (TPSA) is 128 Å². The number of aryl methyl sites for hydroxylation is 1. The second-order valence-electron chi connectivity index (χ2n) is 11.4. The summed E-state index contributed by atoms with van der Waals surface area (Å²) in [4.78, 5) is 28.1. The van der Waals surface area contributed by atoms with Crippen molar-refractivity contribution in [2.24, 2.45) is 5.92 Å². The second kappa shape index (κ2) is 13.2. The summed E-state index contributed by atoms with van der Waals surface area (Å²) >= 11 is 0. The van der Waals surface area contributed by atoms with E-state index in [4.69, 9.17) is 4.74 Å². The Morgan fingerprint density at radius 1 is 1.15 bits per heavy atom. The minimum atomic E-state index is -3.78. The minimum absolute atomic E-state index is 0.0517. The molecule has 0 bridgehead atoms. The van der Waals surface area contributed by atoms with Gasteiger partial charge in [-0.15, -0.1) is 0 Å². The zero-order valence-corrected chi connectivity index (χ0v) is 25.1. The Labute approximate surface area is 243 Å². The number of fused-ring (bicyclic) bond motifs is 1. The van der Waals surface area contributed by atoms with Crippen LogP contribution in [0.25, 0.3) is 0 Å². The van der Waals surface area contributed by atoms with Crippen LogP contribution in [0, 0.1) is 12.8 Å². The van der Waals surface area contributed by atoms with Crippen LogP contribution in [0.2, 0.25) is 0 Å². The van der Waals surface area contributed by atoms with Gasteiger partial charge in [0.15, 0.2) is 0 Å². The quantitative estimate of drug-likeness (QED) is 0.429. The lowest BCUT2D eigenvalue weighted by Crippen LogP contribution is -2.50. The first-order chi connectivity index (χ1) is 19.5. The summed E-state index contributed by atoms with van der Waals surface area (Å²) in [5.74, 6) is -0.291. The van der Waals surface area contributed by atoms with Crippen LogP contribution in [-0.2, 0) is 10.0 Å². The van der Waals surface area contributed by atoms with Crippen molar-refractivity contribution in [3.63, 3.8) is 0 Å². The van der Waals surface area contributed by atoms with Gasteiger partial charge in [0.05, 0.1) is 29.7 Å². The molecule has 0 aromatic heterocycles. The SMILES string of the molecule is Cc1ccc(S(=O)(=O)N(C)C[C@H]2Oc3ccc(NC(=O)NC4CCCCC4)cc3C(=O)N([C@H](C)CO)C[C@H]2C)cc1. The highest BCUT2D eigenvalue weighted by molar-refractivity contribution is 7.89. The number of nitrogens with zero attached hydrogens (tertiary/aromatic N) is 2. The highest BCUT2D eigenvalue weighted by Gasteiger charge is 2.35. The maximum Gasteiger partial charge on any atom is 0.319 e. The molecule has 0 spiro atoms. The average Bonchev–Trinajstić information content (AvgIpc) is 2.95. The van der Waals surface area contributed by atoms with Crippen LogP contribution in [-0.4, -0.2) is 79.6 Å². The van der Waals surface area contributed by atoms with Crippen molar-refractivity contribution >= 4 is 27.6 Å². The molecule has 1 fully saturated rings. The molecule has 1 aliphatic carbocycles. The molecule has 0 unspecified atom stereocenters. The zero-order valence-electron chi connectivity index (χ0n) is 24.3. The molecule has 224 valence electrons. The van der Waals surface area contributed by atoms with Gasteiger partial charge in [0.25, 0.3) is 5.91 Å². The third-order valence-electron chi connectivity index (χ3n) is 8.03. The van der Waals surface area contributed by atoms with Crippen molar-refractivity contribution in [3.05, 3.63) is 53.6 Å². The molecule has 2 aromatic carbocycles. The van der Waals surface area contributed by atoms with Crippen molar-refractivity contribution < 1.29 is 27.9 Å². The van der Waals surface area contributed by atoms with E-state index in [1.165, 1.54) is 17.8 Å². The molecule has 3 N–H and O–H groups in total. The molecular weight excluding hydrogens is 544 g/mol. The van der Waals surface area contributed by atoms with Crippen molar-refractivity contribution in [2.45, 2.75) is 76.0 Å². The smallest absolute Gasteiger partial charge is 0.319 e. The van der Waals surface area contributed by atoms with Gasteiger partial charge in [-0.05, 0) is 57.0 Å². The summed E-state index contributed by atoms with van der Waals surface area (Å²) in [7, 11) is -2.26. The van der Waals surface area contributed by atoms with Gasteiger partial charge in [0, 0.05) is 31.2 Å². The van der Waals surface area contributed by atoms with E-state index in [9.17, 15) is 23.1 Å². The largest absolute Gasteiger partial charge is 0.488 e. The molecule has 10 nitrogen and oxygen atoms in total. The summed E-state index contributed by atoms with van der Waals surface area (Å²) in [6, 6.07) is 10.9. The fourth-order valence-electron chi connectivity index (χ4n) is 5.36. The number of carbonyl (C=O) groups is 2. The molecule has 3 amide bonds. The van der Waals surface area contributed by atoms with Gasteiger partial charge in [0.2, 0.25) is 10.0 Å². The number of likely N-dealkylation sites (N-methyl/N-ethyl adjacent to an activating group) is 1. The van der Waals surface area contributed by atoms with E-state index in [-0.39, 0.29) is 54.1 Å². The fraction of sp³-hybridized carbons (Fsp3) is 0.533. The van der Waals surface area contributed by atoms with Gasteiger partial charge >= 0.3 is 6.03 Å². The lowest BCUT2D eigenvalue weighted by molar-refractivity contribution is 0.0387. The van der Waals surface area contributed by atoms with E-state index in [1.807, 2.05) is 13.8 Å². The van der Waals surface area contributed by atoms with Gasteiger partial charge < -0.3 is 25.4 Å². The highest BCUT2D eigenvalue weighted by Crippen LogP contribution is 2.31. The number of carbonyl (C=O) groups excluding carboxylic acids is 2. The van der Waals surface area contributed by atoms with Crippen molar-refractivity contribution in [1.29, 1.82) is 0 Å². The molecule has 1 saturated carbocycles. The Kier molecular flexibility index (Phi) is 9.93. The first-order valence-electron chi connectivity index (χ1n) is 14.3. The third kappa shape index (κ3) is 7.38. The van der Waals surface area contributed by atoms with Crippen LogP contribution < -0.4 is 15.4 Å². The maximum absolute atomic E-state index is 13.7. The lowest BCUT2D eigenvalue weighted by atomic mass is 9.96. The predicted molar refractivity (Wildman–Crippen MR) is 158 cm³/mol. The third-order valence-corrected chi connectivity index (χ3v) is 9.87. The predicted octanol–water partition coefficient (Wildman–Crippen LogP) is 3.99. The summed E-state index contributed by atoms with van der Waals surface area (Å²) in [6.07, 6.45) is 4.68. The Bertz CT molecular complexity index is 1330. The first kappa shape index (κ1) is 30.8. The number of sulfonamides is 1. The molecule has 3 atom stereocenters. The molecule has 2 aliphatic rings. The normalized spacial score (nSPS) is 20.9. The van der Waals surface area contributed by atoms with Crippen molar-refractivity contribution in [3.8, 4) is 5.75 Å². The first-order valence-corrected chi connectivity index (χ1v) is 15.8. The van der Waals surface area contributed by atoms with E-state index in [2.05, 4.69) is 10.6 Å².